The van der Waals surface area contributed by atoms with E-state index < -0.39 is 68.7 Å². The van der Waals surface area contributed by atoms with E-state index in [9.17, 15) is 27.6 Å². The van der Waals surface area contributed by atoms with E-state index in [4.69, 9.17) is 28.6 Å². The fourth-order valence-corrected chi connectivity index (χ4v) is 10.4. The van der Waals surface area contributed by atoms with E-state index in [1.165, 1.54) is 4.90 Å². The van der Waals surface area contributed by atoms with Gasteiger partial charge in [0, 0.05) is 23.3 Å². The van der Waals surface area contributed by atoms with E-state index in [1.807, 2.05) is 49.4 Å². The van der Waals surface area contributed by atoms with Gasteiger partial charge in [-0.2, -0.15) is 4.98 Å². The van der Waals surface area contributed by atoms with Crippen LogP contribution in [0.4, 0.5) is 4.79 Å². The average molecular weight is 869 g/mol. The van der Waals surface area contributed by atoms with Gasteiger partial charge in [-0.3, -0.25) is 19.1 Å². The molecule has 0 bridgehead atoms. The molecule has 0 spiro atoms. The number of carbonyl (C=O) groups is 4. The van der Waals surface area contributed by atoms with E-state index in [1.54, 1.807) is 19.2 Å². The molecule has 3 saturated carbocycles. The third-order valence-corrected chi connectivity index (χ3v) is 14.6. The number of amides is 4. The number of aryl methyl sites for hydroxylation is 1. The van der Waals surface area contributed by atoms with E-state index >= 15 is 0 Å². The van der Waals surface area contributed by atoms with Crippen molar-refractivity contribution in [1.82, 2.24) is 30.2 Å². The predicted octanol–water partition coefficient (Wildman–Crippen LogP) is 5.75. The summed E-state index contributed by atoms with van der Waals surface area (Å²) in [5.74, 6) is -1.28. The van der Waals surface area contributed by atoms with Gasteiger partial charge in [-0.05, 0) is 108 Å². The molecule has 4 fully saturated rings. The molecule has 5 atom stereocenters. The molecule has 5 aliphatic rings. The van der Waals surface area contributed by atoms with Crippen LogP contribution in [0.5, 0.6) is 11.6 Å². The largest absolute Gasteiger partial charge is 0.497 e. The van der Waals surface area contributed by atoms with E-state index in [-0.39, 0.29) is 37.0 Å². The summed E-state index contributed by atoms with van der Waals surface area (Å²) >= 11 is 0. The van der Waals surface area contributed by atoms with Crippen molar-refractivity contribution in [2.45, 2.75) is 125 Å². The monoisotopic (exact) mass is 868 g/mol. The highest BCUT2D eigenvalue weighted by atomic mass is 32.2. The highest BCUT2D eigenvalue weighted by Crippen LogP contribution is 2.46. The van der Waals surface area contributed by atoms with Gasteiger partial charge in [0.15, 0.2) is 5.82 Å². The third kappa shape index (κ3) is 8.55. The number of allylic oxidation sites excluding steroid dienone is 1. The summed E-state index contributed by atoms with van der Waals surface area (Å²) in [7, 11) is -2.34. The lowest BCUT2D eigenvalue weighted by Gasteiger charge is -2.30. The second-order valence-electron chi connectivity index (χ2n) is 17.4. The van der Waals surface area contributed by atoms with E-state index in [0.717, 1.165) is 49.5 Å². The lowest BCUT2D eigenvalue weighted by molar-refractivity contribution is -0.141. The maximum absolute atomic E-state index is 14.8. The Morgan fingerprint density at radius 3 is 2.48 bits per heavy atom. The number of furan rings is 1. The average Bonchev–Trinajstić information content (AvgIpc) is 4.07. The van der Waals surface area contributed by atoms with Crippen molar-refractivity contribution in [2.75, 3.05) is 13.7 Å². The van der Waals surface area contributed by atoms with Crippen LogP contribution in [0, 0.1) is 12.8 Å². The summed E-state index contributed by atoms with van der Waals surface area (Å²) in [4.78, 5) is 67.8. The van der Waals surface area contributed by atoms with Crippen LogP contribution in [-0.2, 0) is 29.1 Å². The first kappa shape index (κ1) is 41.6. The number of hydrogen-bond donors (Lipinski definition) is 3. The molecule has 0 unspecified atom stereocenters. The number of alkyl carbamates (subject to hydrolysis) is 1. The second-order valence-corrected chi connectivity index (χ2v) is 19.3. The Kier molecular flexibility index (Phi) is 11.3. The van der Waals surface area contributed by atoms with Crippen LogP contribution in [0.15, 0.2) is 59.0 Å². The molecular weight excluding hydrogens is 817 g/mol. The molecule has 1 saturated heterocycles. The molecule has 2 aromatic carbocycles. The van der Waals surface area contributed by atoms with Gasteiger partial charge in [0.1, 0.15) is 46.7 Å². The minimum Gasteiger partial charge on any atom is -0.497 e. The maximum atomic E-state index is 14.8. The molecule has 0 radical (unpaired) electrons. The fourth-order valence-electron chi connectivity index (χ4n) is 9.02. The van der Waals surface area contributed by atoms with Gasteiger partial charge in [-0.15, -0.1) is 0 Å². The topological polar surface area (TPSA) is 208 Å². The van der Waals surface area contributed by atoms with Crippen LogP contribution in [0.3, 0.4) is 0 Å². The van der Waals surface area contributed by atoms with Crippen LogP contribution in [-0.4, -0.2) is 95.8 Å². The van der Waals surface area contributed by atoms with Crippen LogP contribution in [0.1, 0.15) is 89.0 Å². The van der Waals surface area contributed by atoms with Crippen molar-refractivity contribution in [3.8, 4) is 23.0 Å². The molecule has 2 aliphatic heterocycles. The van der Waals surface area contributed by atoms with Gasteiger partial charge in [-0.1, -0.05) is 36.6 Å². The molecule has 16 nitrogen and oxygen atoms in total. The standard InChI is InChI=1S/C45H52N6O10S/c1-26-14-21-36-33(22-26)37-38(61-36)41(48-39(47-37)27-15-17-29(58-2)18-16-27)59-31-23-35-40(52)49-45(43(54)50-62(56,57)32-19-20-32)24-28(45)10-6-4-3-5-7-13-34(42(53)51(35)25-31)46-44(55)60-30-11-8-9-12-30/h6,10,14-18,21-22,28,30-32,34-35H,3-5,7-9,11-13,19-20,23-25H2,1-2H3,(H,46,55)(H,49,52)(H,50,54)/t28-,31-,34+,35+,45-/m1/s1. The van der Waals surface area contributed by atoms with Gasteiger partial charge in [-0.25, -0.2) is 18.2 Å². The van der Waals surface area contributed by atoms with Crippen molar-refractivity contribution in [3.63, 3.8) is 0 Å². The molecule has 17 heteroatoms. The number of hydrogen-bond acceptors (Lipinski definition) is 12. The van der Waals surface area contributed by atoms with Crippen LogP contribution >= 0.6 is 0 Å². The summed E-state index contributed by atoms with van der Waals surface area (Å²) in [5.41, 5.74) is 1.53. The van der Waals surface area contributed by atoms with Gasteiger partial charge in [0.25, 0.3) is 11.8 Å². The number of rotatable bonds is 9. The quantitative estimate of drug-likeness (QED) is 0.172. The van der Waals surface area contributed by atoms with Crippen LogP contribution in [0.2, 0.25) is 0 Å². The molecule has 9 rings (SSSR count). The predicted molar refractivity (Wildman–Crippen MR) is 228 cm³/mol. The number of aromatic nitrogens is 2. The van der Waals surface area contributed by atoms with Crippen molar-refractivity contribution in [3.05, 3.63) is 60.2 Å². The van der Waals surface area contributed by atoms with Crippen molar-refractivity contribution in [2.24, 2.45) is 5.92 Å². The first-order chi connectivity index (χ1) is 29.9. The molecule has 4 heterocycles. The summed E-state index contributed by atoms with van der Waals surface area (Å²) in [6.45, 7) is 1.90. The summed E-state index contributed by atoms with van der Waals surface area (Å²) in [5, 5.41) is 5.85. The number of methoxy groups -OCH3 is 1. The number of nitrogens with one attached hydrogen (secondary N) is 3. The van der Waals surface area contributed by atoms with Crippen molar-refractivity contribution < 1.29 is 46.2 Å². The van der Waals surface area contributed by atoms with Crippen molar-refractivity contribution >= 4 is 55.9 Å². The first-order valence-electron chi connectivity index (χ1n) is 21.7. The number of ether oxygens (including phenoxy) is 3. The molecule has 2 aromatic heterocycles. The lowest BCUT2D eigenvalue weighted by Crippen LogP contribution is -2.58. The smallest absolute Gasteiger partial charge is 0.408 e. The number of nitrogens with zero attached hydrogens (tertiary/aromatic N) is 3. The molecule has 3 aliphatic carbocycles. The first-order valence-corrected chi connectivity index (χ1v) is 23.3. The highest BCUT2D eigenvalue weighted by molar-refractivity contribution is 7.91. The molecule has 4 amide bonds. The second kappa shape index (κ2) is 16.9. The lowest BCUT2D eigenvalue weighted by atomic mass is 10.0. The van der Waals surface area contributed by atoms with E-state index in [2.05, 4.69) is 15.4 Å². The summed E-state index contributed by atoms with van der Waals surface area (Å²) < 4.78 is 52.3. The van der Waals surface area contributed by atoms with Crippen LogP contribution in [0.25, 0.3) is 33.5 Å². The molecule has 328 valence electrons. The van der Waals surface area contributed by atoms with E-state index in [0.29, 0.717) is 60.3 Å². The molecule has 62 heavy (non-hydrogen) atoms. The van der Waals surface area contributed by atoms with Gasteiger partial charge in [0.05, 0.1) is 18.9 Å². The normalized spacial score (nSPS) is 25.9. The fraction of sp³-hybridized carbons (Fsp3) is 0.511. The zero-order chi connectivity index (χ0) is 43.2. The Labute approximate surface area is 359 Å². The Bertz CT molecular complexity index is 2530. The Hall–Kier alpha value is -5.71. The number of carbonyl (C=O) groups excluding carboxylic acids is 4. The minimum atomic E-state index is -3.92. The summed E-state index contributed by atoms with van der Waals surface area (Å²) in [6, 6.07) is 10.8. The highest BCUT2D eigenvalue weighted by Gasteiger charge is 2.62. The van der Waals surface area contributed by atoms with Gasteiger partial charge < -0.3 is 34.2 Å². The SMILES string of the molecule is COc1ccc(-c2nc(O[C@@H]3C[C@H]4C(=O)N[C@]5(C(=O)NS(=O)(=O)C6CC6)C[C@H]5C=CCCCCC[C@H](NC(=O)OC5CCCC5)C(=O)N4C3)c3oc4ccc(C)cc4c3n2)cc1. The maximum Gasteiger partial charge on any atom is 0.408 e. The Morgan fingerprint density at radius 2 is 1.73 bits per heavy atom. The zero-order valence-corrected chi connectivity index (χ0v) is 35.7. The number of benzene rings is 2. The Morgan fingerprint density at radius 1 is 0.952 bits per heavy atom. The molecular formula is C45H52N6O10S. The van der Waals surface area contributed by atoms with Gasteiger partial charge >= 0.3 is 6.09 Å². The van der Waals surface area contributed by atoms with Crippen LogP contribution < -0.4 is 24.8 Å². The Balaban J connectivity index is 1.06. The van der Waals surface area contributed by atoms with Gasteiger partial charge in [0.2, 0.25) is 27.4 Å². The van der Waals surface area contributed by atoms with Crippen molar-refractivity contribution in [1.29, 1.82) is 0 Å². The number of sulfonamides is 1. The third-order valence-electron chi connectivity index (χ3n) is 12.8. The minimum absolute atomic E-state index is 0.0158. The summed E-state index contributed by atoms with van der Waals surface area (Å²) in [6.07, 6.45) is 9.78. The zero-order valence-electron chi connectivity index (χ0n) is 34.9. The molecule has 3 N–H and O–H groups in total. The molecule has 4 aromatic rings. The number of fused-ring (bicyclic) bond motifs is 5.